The average Bonchev–Trinajstić information content (AvgIpc) is 2.18. The Hall–Kier alpha value is -0.790. The molecular formula is C12H18O2. The van der Waals surface area contributed by atoms with Crippen molar-refractivity contribution in [2.24, 2.45) is 5.92 Å². The molecule has 78 valence electrons. The van der Waals surface area contributed by atoms with Gasteiger partial charge in [-0.05, 0) is 50.0 Å². The first-order valence-electron chi connectivity index (χ1n) is 5.64. The summed E-state index contributed by atoms with van der Waals surface area (Å²) < 4.78 is 5.35. The fourth-order valence-electron chi connectivity index (χ4n) is 2.72. The number of carbonyl (C=O) groups is 1. The van der Waals surface area contributed by atoms with E-state index in [4.69, 9.17) is 4.74 Å². The van der Waals surface area contributed by atoms with Gasteiger partial charge in [0.1, 0.15) is 6.10 Å². The normalized spacial score (nSPS) is 31.6. The smallest absolute Gasteiger partial charge is 0.303 e. The van der Waals surface area contributed by atoms with Crippen molar-refractivity contribution in [3.05, 3.63) is 11.6 Å². The summed E-state index contributed by atoms with van der Waals surface area (Å²) in [6.07, 6.45) is 9.71. The van der Waals surface area contributed by atoms with Crippen LogP contribution in [0.15, 0.2) is 11.6 Å². The molecule has 0 bridgehead atoms. The first-order valence-corrected chi connectivity index (χ1v) is 5.64. The molecule has 14 heavy (non-hydrogen) atoms. The van der Waals surface area contributed by atoms with Crippen LogP contribution in [0.3, 0.4) is 0 Å². The molecule has 0 saturated heterocycles. The molecular weight excluding hydrogens is 176 g/mol. The fraction of sp³-hybridized carbons (Fsp3) is 0.750. The summed E-state index contributed by atoms with van der Waals surface area (Å²) in [5.74, 6) is 0.573. The van der Waals surface area contributed by atoms with Crippen molar-refractivity contribution in [3.63, 3.8) is 0 Å². The highest BCUT2D eigenvalue weighted by molar-refractivity contribution is 5.66. The van der Waals surface area contributed by atoms with E-state index in [0.717, 1.165) is 6.42 Å². The summed E-state index contributed by atoms with van der Waals surface area (Å²) in [4.78, 5) is 10.9. The second kappa shape index (κ2) is 4.16. The van der Waals surface area contributed by atoms with Gasteiger partial charge in [0.25, 0.3) is 0 Å². The Kier molecular flexibility index (Phi) is 2.90. The van der Waals surface area contributed by atoms with Gasteiger partial charge in [0.05, 0.1) is 0 Å². The third-order valence-corrected chi connectivity index (χ3v) is 3.31. The number of hydrogen-bond donors (Lipinski definition) is 0. The van der Waals surface area contributed by atoms with Crippen molar-refractivity contribution in [2.45, 2.75) is 51.6 Å². The number of rotatable bonds is 1. The highest BCUT2D eigenvalue weighted by Crippen LogP contribution is 2.38. The molecule has 1 saturated carbocycles. The van der Waals surface area contributed by atoms with Crippen LogP contribution in [0.25, 0.3) is 0 Å². The third kappa shape index (κ3) is 1.99. The summed E-state index contributed by atoms with van der Waals surface area (Å²) in [5, 5.41) is 0. The molecule has 0 amide bonds. The van der Waals surface area contributed by atoms with Crippen molar-refractivity contribution in [2.75, 3.05) is 0 Å². The third-order valence-electron chi connectivity index (χ3n) is 3.31. The molecule has 2 aliphatic rings. The lowest BCUT2D eigenvalue weighted by atomic mass is 9.76. The van der Waals surface area contributed by atoms with Crippen LogP contribution in [0.2, 0.25) is 0 Å². The zero-order chi connectivity index (χ0) is 9.97. The van der Waals surface area contributed by atoms with Gasteiger partial charge < -0.3 is 4.74 Å². The Morgan fingerprint density at radius 1 is 1.36 bits per heavy atom. The molecule has 2 atom stereocenters. The minimum absolute atomic E-state index is 0.103. The molecule has 2 unspecified atom stereocenters. The molecule has 0 spiro atoms. The second-order valence-electron chi connectivity index (χ2n) is 4.36. The maximum atomic E-state index is 10.9. The van der Waals surface area contributed by atoms with E-state index in [-0.39, 0.29) is 12.1 Å². The average molecular weight is 194 g/mol. The largest absolute Gasteiger partial charge is 0.458 e. The van der Waals surface area contributed by atoms with E-state index < -0.39 is 0 Å². The van der Waals surface area contributed by atoms with Crippen LogP contribution in [0.4, 0.5) is 0 Å². The predicted molar refractivity (Wildman–Crippen MR) is 54.8 cm³/mol. The van der Waals surface area contributed by atoms with Gasteiger partial charge in [0.15, 0.2) is 0 Å². The van der Waals surface area contributed by atoms with Gasteiger partial charge in [-0.25, -0.2) is 0 Å². The zero-order valence-corrected chi connectivity index (χ0v) is 8.79. The quantitative estimate of drug-likeness (QED) is 0.474. The molecule has 0 aromatic heterocycles. The van der Waals surface area contributed by atoms with Crippen LogP contribution in [-0.2, 0) is 9.53 Å². The van der Waals surface area contributed by atoms with Crippen LogP contribution in [-0.4, -0.2) is 12.1 Å². The lowest BCUT2D eigenvalue weighted by Gasteiger charge is -2.34. The van der Waals surface area contributed by atoms with Crippen molar-refractivity contribution >= 4 is 5.97 Å². The maximum Gasteiger partial charge on any atom is 0.303 e. The number of carbonyl (C=O) groups excluding carboxylic acids is 1. The topological polar surface area (TPSA) is 26.3 Å². The number of hydrogen-bond acceptors (Lipinski definition) is 2. The van der Waals surface area contributed by atoms with Gasteiger partial charge >= 0.3 is 5.97 Å². The number of allylic oxidation sites excluding steroid dienone is 1. The monoisotopic (exact) mass is 194 g/mol. The Balaban J connectivity index is 2.08. The Morgan fingerprint density at radius 2 is 2.14 bits per heavy atom. The van der Waals surface area contributed by atoms with E-state index in [1.807, 2.05) is 0 Å². The first kappa shape index (κ1) is 9.75. The highest BCUT2D eigenvalue weighted by Gasteiger charge is 2.30. The van der Waals surface area contributed by atoms with Crippen molar-refractivity contribution in [1.29, 1.82) is 0 Å². The molecule has 2 heteroatoms. The van der Waals surface area contributed by atoms with E-state index in [9.17, 15) is 4.79 Å². The first-order chi connectivity index (χ1) is 6.77. The van der Waals surface area contributed by atoms with E-state index in [1.165, 1.54) is 44.6 Å². The standard InChI is InChI=1S/C12H18O2/c1-9(13)14-12-8-4-6-10-5-2-3-7-11(10)12/h7,10,12H,2-6,8H2,1H3. The highest BCUT2D eigenvalue weighted by atomic mass is 16.5. The molecule has 0 aromatic carbocycles. The summed E-state index contributed by atoms with van der Waals surface area (Å²) in [6, 6.07) is 0. The number of ether oxygens (including phenoxy) is 1. The van der Waals surface area contributed by atoms with Crippen LogP contribution in [0.1, 0.15) is 45.4 Å². The van der Waals surface area contributed by atoms with Crippen molar-refractivity contribution < 1.29 is 9.53 Å². The van der Waals surface area contributed by atoms with Gasteiger partial charge in [-0.3, -0.25) is 4.79 Å². The van der Waals surface area contributed by atoms with Crippen molar-refractivity contribution in [3.8, 4) is 0 Å². The molecule has 0 N–H and O–H groups in total. The van der Waals surface area contributed by atoms with Gasteiger partial charge in [-0.2, -0.15) is 0 Å². The van der Waals surface area contributed by atoms with E-state index in [1.54, 1.807) is 0 Å². The Morgan fingerprint density at radius 3 is 2.93 bits per heavy atom. The summed E-state index contributed by atoms with van der Waals surface area (Å²) in [6.45, 7) is 1.51. The Bertz CT molecular complexity index is 255. The molecule has 2 nitrogen and oxygen atoms in total. The molecule has 0 radical (unpaired) electrons. The number of esters is 1. The predicted octanol–water partition coefficient (Wildman–Crippen LogP) is 2.83. The molecule has 2 rings (SSSR count). The minimum atomic E-state index is -0.137. The maximum absolute atomic E-state index is 10.9. The molecule has 1 fully saturated rings. The lowest BCUT2D eigenvalue weighted by Crippen LogP contribution is -2.29. The molecule has 0 heterocycles. The fourth-order valence-corrected chi connectivity index (χ4v) is 2.72. The van der Waals surface area contributed by atoms with E-state index in [2.05, 4.69) is 6.08 Å². The van der Waals surface area contributed by atoms with Crippen LogP contribution >= 0.6 is 0 Å². The lowest BCUT2D eigenvalue weighted by molar-refractivity contribution is -0.145. The van der Waals surface area contributed by atoms with Crippen LogP contribution < -0.4 is 0 Å². The van der Waals surface area contributed by atoms with E-state index >= 15 is 0 Å². The zero-order valence-electron chi connectivity index (χ0n) is 8.79. The van der Waals surface area contributed by atoms with E-state index in [0.29, 0.717) is 5.92 Å². The second-order valence-corrected chi connectivity index (χ2v) is 4.36. The van der Waals surface area contributed by atoms with Crippen LogP contribution in [0, 0.1) is 5.92 Å². The molecule has 0 aromatic rings. The Labute approximate surface area is 85.3 Å². The van der Waals surface area contributed by atoms with Crippen LogP contribution in [0.5, 0.6) is 0 Å². The SMILES string of the molecule is CC(=O)OC1CCCC2CCCC=C21. The molecule has 0 aliphatic heterocycles. The van der Waals surface area contributed by atoms with Gasteiger partial charge in [0, 0.05) is 6.92 Å². The minimum Gasteiger partial charge on any atom is -0.458 e. The van der Waals surface area contributed by atoms with Gasteiger partial charge in [-0.1, -0.05) is 6.08 Å². The van der Waals surface area contributed by atoms with Gasteiger partial charge in [-0.15, -0.1) is 0 Å². The number of fused-ring (bicyclic) bond motifs is 1. The summed E-state index contributed by atoms with van der Waals surface area (Å²) in [7, 11) is 0. The summed E-state index contributed by atoms with van der Waals surface area (Å²) >= 11 is 0. The molecule has 2 aliphatic carbocycles. The van der Waals surface area contributed by atoms with Gasteiger partial charge in [0.2, 0.25) is 0 Å². The van der Waals surface area contributed by atoms with Crippen molar-refractivity contribution in [1.82, 2.24) is 0 Å². The summed E-state index contributed by atoms with van der Waals surface area (Å²) in [5.41, 5.74) is 1.41.